The number of benzene rings is 2. The second-order valence-electron chi connectivity index (χ2n) is 6.65. The molecule has 0 unspecified atom stereocenters. The van der Waals surface area contributed by atoms with E-state index in [2.05, 4.69) is 5.32 Å². The highest BCUT2D eigenvalue weighted by molar-refractivity contribution is 6.01. The topological polar surface area (TPSA) is 107 Å². The van der Waals surface area contributed by atoms with Gasteiger partial charge in [0.2, 0.25) is 0 Å². The molecule has 0 bridgehead atoms. The lowest BCUT2D eigenvalue weighted by Crippen LogP contribution is -2.30. The number of nitrogens with zero attached hydrogens (tertiary/aromatic N) is 1. The molecule has 2 aromatic rings. The summed E-state index contributed by atoms with van der Waals surface area (Å²) in [7, 11) is 2.98. The fourth-order valence-corrected chi connectivity index (χ4v) is 2.48. The van der Waals surface area contributed by atoms with Crippen LogP contribution < -0.4 is 24.3 Å². The first kappa shape index (κ1) is 23.3. The highest BCUT2D eigenvalue weighted by atomic mass is 16.6. The summed E-state index contributed by atoms with van der Waals surface area (Å²) < 4.78 is 21.0. The molecule has 0 atom stereocenters. The van der Waals surface area contributed by atoms with Crippen molar-refractivity contribution in [2.45, 2.75) is 19.9 Å². The van der Waals surface area contributed by atoms with Gasteiger partial charge in [-0.15, -0.1) is 0 Å². The first-order valence-electron chi connectivity index (χ1n) is 9.44. The molecule has 2 aromatic carbocycles. The fraction of sp³-hybridized carbons (Fsp3) is 0.261. The number of ether oxygens (including phenoxy) is 4. The maximum Gasteiger partial charge on any atom is 0.349 e. The van der Waals surface area contributed by atoms with Gasteiger partial charge in [-0.1, -0.05) is 6.07 Å². The normalized spacial score (nSPS) is 10.8. The first-order chi connectivity index (χ1) is 14.9. The number of hydrogen-bond acceptors (Lipinski definition) is 7. The number of nitrogens with one attached hydrogen (secondary N) is 1. The number of amides is 1. The summed E-state index contributed by atoms with van der Waals surface area (Å²) in [5.74, 6) is 0.541. The van der Waals surface area contributed by atoms with Gasteiger partial charge in [0, 0.05) is 6.04 Å². The van der Waals surface area contributed by atoms with Crippen LogP contribution >= 0.6 is 0 Å². The molecule has 0 aliphatic heterocycles. The van der Waals surface area contributed by atoms with Gasteiger partial charge < -0.3 is 24.3 Å². The van der Waals surface area contributed by atoms with E-state index in [1.807, 2.05) is 6.07 Å². The van der Waals surface area contributed by atoms with Gasteiger partial charge in [0.25, 0.3) is 5.91 Å². The molecule has 0 radical (unpaired) electrons. The second kappa shape index (κ2) is 11.3. The number of carbonyl (C=O) groups excluding carboxylic acids is 2. The Morgan fingerprint density at radius 2 is 1.71 bits per heavy atom. The van der Waals surface area contributed by atoms with Crippen molar-refractivity contribution in [3.8, 4) is 29.1 Å². The second-order valence-corrected chi connectivity index (χ2v) is 6.65. The summed E-state index contributed by atoms with van der Waals surface area (Å²) >= 11 is 0. The van der Waals surface area contributed by atoms with Crippen LogP contribution in [0.25, 0.3) is 6.08 Å². The summed E-state index contributed by atoms with van der Waals surface area (Å²) in [5.41, 5.74) is 0.495. The van der Waals surface area contributed by atoms with Crippen molar-refractivity contribution in [1.29, 1.82) is 5.26 Å². The SMILES string of the molecule is COc1ccc(OCC(=O)Oc2ccc(/C=C(\C#N)C(=O)NC(C)C)cc2OC)cc1. The Morgan fingerprint density at radius 1 is 1.03 bits per heavy atom. The zero-order valence-corrected chi connectivity index (χ0v) is 17.8. The monoisotopic (exact) mass is 424 g/mol. The lowest BCUT2D eigenvalue weighted by Gasteiger charge is -2.11. The van der Waals surface area contributed by atoms with Crippen LogP contribution in [0.15, 0.2) is 48.0 Å². The Morgan fingerprint density at radius 3 is 2.29 bits per heavy atom. The predicted molar refractivity (Wildman–Crippen MR) is 114 cm³/mol. The van der Waals surface area contributed by atoms with Crippen LogP contribution in [0.3, 0.4) is 0 Å². The Kier molecular flexibility index (Phi) is 8.46. The summed E-state index contributed by atoms with van der Waals surface area (Å²) in [6.07, 6.45) is 1.43. The summed E-state index contributed by atoms with van der Waals surface area (Å²) in [4.78, 5) is 24.2. The van der Waals surface area contributed by atoms with Gasteiger partial charge in [-0.25, -0.2) is 4.79 Å². The lowest BCUT2D eigenvalue weighted by molar-refractivity contribution is -0.136. The third-order valence-electron chi connectivity index (χ3n) is 3.92. The van der Waals surface area contributed by atoms with E-state index in [4.69, 9.17) is 18.9 Å². The Labute approximate surface area is 181 Å². The van der Waals surface area contributed by atoms with Crippen LogP contribution in [-0.4, -0.2) is 38.7 Å². The minimum absolute atomic E-state index is 0.0478. The molecule has 1 amide bonds. The fourth-order valence-electron chi connectivity index (χ4n) is 2.48. The number of nitriles is 1. The van der Waals surface area contributed by atoms with Gasteiger partial charge in [-0.3, -0.25) is 4.79 Å². The number of methoxy groups -OCH3 is 2. The molecule has 8 nitrogen and oxygen atoms in total. The molecule has 2 rings (SSSR count). The van der Waals surface area contributed by atoms with Gasteiger partial charge in [0.05, 0.1) is 14.2 Å². The maximum absolute atomic E-state index is 12.1. The van der Waals surface area contributed by atoms with Crippen molar-refractivity contribution in [3.05, 3.63) is 53.6 Å². The number of rotatable bonds is 9. The standard InChI is InChI=1S/C23H24N2O6/c1-15(2)25-23(27)17(13-24)11-16-5-10-20(21(12-16)29-4)31-22(26)14-30-19-8-6-18(28-3)7-9-19/h5-12,15H,14H2,1-4H3,(H,25,27)/b17-11+. The van der Waals surface area contributed by atoms with E-state index in [0.29, 0.717) is 17.1 Å². The molecule has 0 aliphatic rings. The molecule has 1 N–H and O–H groups in total. The molecule has 0 spiro atoms. The van der Waals surface area contributed by atoms with Crippen molar-refractivity contribution in [1.82, 2.24) is 5.32 Å². The molecule has 0 saturated heterocycles. The van der Waals surface area contributed by atoms with E-state index < -0.39 is 11.9 Å². The number of hydrogen-bond donors (Lipinski definition) is 1. The molecule has 0 saturated carbocycles. The lowest BCUT2D eigenvalue weighted by atomic mass is 10.1. The highest BCUT2D eigenvalue weighted by Crippen LogP contribution is 2.29. The molecule has 0 aromatic heterocycles. The van der Waals surface area contributed by atoms with Crippen molar-refractivity contribution >= 4 is 18.0 Å². The molecule has 162 valence electrons. The Hall–Kier alpha value is -3.99. The molecule has 0 fully saturated rings. The zero-order valence-electron chi connectivity index (χ0n) is 17.8. The molecule has 8 heteroatoms. The van der Waals surface area contributed by atoms with Gasteiger partial charge >= 0.3 is 5.97 Å². The minimum atomic E-state index is -0.619. The van der Waals surface area contributed by atoms with Crippen LogP contribution in [0.2, 0.25) is 0 Å². The van der Waals surface area contributed by atoms with Crippen LogP contribution in [0.5, 0.6) is 23.0 Å². The van der Waals surface area contributed by atoms with Crippen molar-refractivity contribution in [2.24, 2.45) is 0 Å². The van der Waals surface area contributed by atoms with Gasteiger partial charge in [-0.2, -0.15) is 5.26 Å². The quantitative estimate of drug-likeness (QED) is 0.285. The molecule has 0 aliphatic carbocycles. The molecular weight excluding hydrogens is 400 g/mol. The van der Waals surface area contributed by atoms with Gasteiger partial charge in [0.1, 0.15) is 23.1 Å². The summed E-state index contributed by atoms with van der Waals surface area (Å²) in [6.45, 7) is 3.31. The maximum atomic E-state index is 12.1. The van der Waals surface area contributed by atoms with Crippen LogP contribution in [0, 0.1) is 11.3 Å². The van der Waals surface area contributed by atoms with E-state index in [-0.39, 0.29) is 29.7 Å². The van der Waals surface area contributed by atoms with E-state index in [1.54, 1.807) is 57.4 Å². The smallest absolute Gasteiger partial charge is 0.349 e. The molecular formula is C23H24N2O6. The van der Waals surface area contributed by atoms with Crippen LogP contribution in [0.4, 0.5) is 0 Å². The first-order valence-corrected chi connectivity index (χ1v) is 9.44. The average molecular weight is 424 g/mol. The third-order valence-corrected chi connectivity index (χ3v) is 3.92. The average Bonchev–Trinajstić information content (AvgIpc) is 2.76. The molecule has 0 heterocycles. The van der Waals surface area contributed by atoms with Crippen LogP contribution in [0.1, 0.15) is 19.4 Å². The number of carbonyl (C=O) groups is 2. The highest BCUT2D eigenvalue weighted by Gasteiger charge is 2.14. The van der Waals surface area contributed by atoms with Gasteiger partial charge in [-0.05, 0) is 61.9 Å². The van der Waals surface area contributed by atoms with Gasteiger partial charge in [0.15, 0.2) is 18.1 Å². The van der Waals surface area contributed by atoms with E-state index in [0.717, 1.165) is 0 Å². The minimum Gasteiger partial charge on any atom is -0.497 e. The Bertz CT molecular complexity index is 990. The summed E-state index contributed by atoms with van der Waals surface area (Å²) in [6, 6.07) is 13.3. The van der Waals surface area contributed by atoms with Crippen molar-refractivity contribution in [2.75, 3.05) is 20.8 Å². The number of esters is 1. The van der Waals surface area contributed by atoms with E-state index >= 15 is 0 Å². The Balaban J connectivity index is 2.06. The van der Waals surface area contributed by atoms with E-state index in [1.165, 1.54) is 19.3 Å². The van der Waals surface area contributed by atoms with Crippen molar-refractivity contribution < 1.29 is 28.5 Å². The van der Waals surface area contributed by atoms with Crippen LogP contribution in [-0.2, 0) is 9.59 Å². The summed E-state index contributed by atoms with van der Waals surface area (Å²) in [5, 5.41) is 11.9. The zero-order chi connectivity index (χ0) is 22.8. The molecule has 31 heavy (non-hydrogen) atoms. The predicted octanol–water partition coefficient (Wildman–Crippen LogP) is 3.12. The van der Waals surface area contributed by atoms with Crippen molar-refractivity contribution in [3.63, 3.8) is 0 Å². The third kappa shape index (κ3) is 7.08. The largest absolute Gasteiger partial charge is 0.497 e. The van der Waals surface area contributed by atoms with E-state index in [9.17, 15) is 14.9 Å².